The number of thioether (sulfide) groups is 2. The number of aromatic nitrogens is 2. The summed E-state index contributed by atoms with van der Waals surface area (Å²) in [6.07, 6.45) is 6.23. The molecule has 0 fully saturated rings. The van der Waals surface area contributed by atoms with E-state index in [0.717, 1.165) is 46.5 Å². The molecule has 0 bridgehead atoms. The molecule has 9 heteroatoms. The Morgan fingerprint density at radius 1 is 1.29 bits per heavy atom. The lowest BCUT2D eigenvalue weighted by Crippen LogP contribution is -2.26. The number of benzene rings is 1. The average molecular weight is 476 g/mol. The van der Waals surface area contributed by atoms with Gasteiger partial charge in [0.15, 0.2) is 5.16 Å². The molecule has 1 aliphatic carbocycles. The molecule has 0 radical (unpaired) electrons. The van der Waals surface area contributed by atoms with Crippen molar-refractivity contribution in [1.29, 1.82) is 0 Å². The largest absolute Gasteiger partial charge is 0.383 e. The molecule has 4 rings (SSSR count). The van der Waals surface area contributed by atoms with Gasteiger partial charge in [-0.2, -0.15) is 0 Å². The lowest BCUT2D eigenvalue weighted by atomic mass is 9.97. The second-order valence-electron chi connectivity index (χ2n) is 7.27. The summed E-state index contributed by atoms with van der Waals surface area (Å²) in [6.45, 7) is 0.836. The molecule has 0 saturated heterocycles. The van der Waals surface area contributed by atoms with Gasteiger partial charge < -0.3 is 10.1 Å². The van der Waals surface area contributed by atoms with Crippen LogP contribution in [0.3, 0.4) is 0 Å². The summed E-state index contributed by atoms with van der Waals surface area (Å²) in [6, 6.07) is 7.72. The van der Waals surface area contributed by atoms with Gasteiger partial charge in [-0.25, -0.2) is 4.98 Å². The van der Waals surface area contributed by atoms with E-state index in [-0.39, 0.29) is 17.2 Å². The van der Waals surface area contributed by atoms with E-state index in [1.54, 1.807) is 34.8 Å². The van der Waals surface area contributed by atoms with Gasteiger partial charge in [0.1, 0.15) is 4.83 Å². The minimum atomic E-state index is -0.121. The number of ether oxygens (including phenoxy) is 1. The quantitative estimate of drug-likeness (QED) is 0.384. The molecule has 2 heterocycles. The smallest absolute Gasteiger partial charge is 0.263 e. The molecule has 1 N–H and O–H groups in total. The number of hydrogen-bond donors (Lipinski definition) is 1. The molecule has 0 spiro atoms. The summed E-state index contributed by atoms with van der Waals surface area (Å²) >= 11 is 4.52. The number of nitrogens with zero attached hydrogens (tertiary/aromatic N) is 2. The first-order chi connectivity index (χ1) is 15.1. The fourth-order valence-electron chi connectivity index (χ4n) is 3.77. The molecule has 31 heavy (non-hydrogen) atoms. The van der Waals surface area contributed by atoms with Crippen molar-refractivity contribution in [3.05, 3.63) is 45.1 Å². The fraction of sp³-hybridized carbons (Fsp3) is 0.409. The molecular formula is C22H25N3O3S3. The van der Waals surface area contributed by atoms with E-state index < -0.39 is 0 Å². The first-order valence-corrected chi connectivity index (χ1v) is 13.2. The molecule has 2 aromatic heterocycles. The Hall–Kier alpha value is -1.81. The van der Waals surface area contributed by atoms with Gasteiger partial charge in [-0.05, 0) is 49.6 Å². The van der Waals surface area contributed by atoms with Crippen molar-refractivity contribution in [3.63, 3.8) is 0 Å². The summed E-state index contributed by atoms with van der Waals surface area (Å²) in [5.74, 6) is 0.0586. The Kier molecular flexibility index (Phi) is 7.37. The summed E-state index contributed by atoms with van der Waals surface area (Å²) < 4.78 is 6.88. The van der Waals surface area contributed by atoms with E-state index in [4.69, 9.17) is 9.72 Å². The lowest BCUT2D eigenvalue weighted by molar-refractivity contribution is -0.113. The van der Waals surface area contributed by atoms with E-state index in [0.29, 0.717) is 18.3 Å². The van der Waals surface area contributed by atoms with Gasteiger partial charge in [0.05, 0.1) is 30.0 Å². The second kappa shape index (κ2) is 10.2. The maximum atomic E-state index is 13.4. The number of hydrogen-bond acceptors (Lipinski definition) is 7. The van der Waals surface area contributed by atoms with Gasteiger partial charge in [-0.15, -0.1) is 23.1 Å². The summed E-state index contributed by atoms with van der Waals surface area (Å²) in [5, 5.41) is 4.30. The Balaban J connectivity index is 1.60. The fourth-order valence-corrected chi connectivity index (χ4v) is 6.46. The zero-order chi connectivity index (χ0) is 21.8. The molecular weight excluding hydrogens is 450 g/mol. The number of aryl methyl sites for hydroxylation is 2. The van der Waals surface area contributed by atoms with Crippen molar-refractivity contribution in [2.45, 2.75) is 42.3 Å². The van der Waals surface area contributed by atoms with Crippen molar-refractivity contribution in [1.82, 2.24) is 9.55 Å². The van der Waals surface area contributed by atoms with Crippen LogP contribution in [0, 0.1) is 0 Å². The van der Waals surface area contributed by atoms with Gasteiger partial charge >= 0.3 is 0 Å². The Morgan fingerprint density at radius 3 is 2.90 bits per heavy atom. The number of fused-ring (bicyclic) bond motifs is 3. The van der Waals surface area contributed by atoms with Crippen molar-refractivity contribution >= 4 is 56.7 Å². The maximum Gasteiger partial charge on any atom is 0.263 e. The zero-order valence-corrected chi connectivity index (χ0v) is 20.1. The molecule has 0 aliphatic heterocycles. The van der Waals surface area contributed by atoms with Crippen molar-refractivity contribution in [3.8, 4) is 0 Å². The maximum absolute atomic E-state index is 13.4. The minimum Gasteiger partial charge on any atom is -0.383 e. The highest BCUT2D eigenvalue weighted by Crippen LogP contribution is 2.34. The van der Waals surface area contributed by atoms with Crippen LogP contribution in [0.5, 0.6) is 0 Å². The molecule has 3 aromatic rings. The predicted octanol–water partition coefficient (Wildman–Crippen LogP) is 4.44. The molecule has 0 unspecified atom stereocenters. The standard InChI is InChI=1S/C22H25N3O3S3/c1-28-12-11-25-21(27)19-14-7-3-5-9-16(14)31-20(19)24-22(25)30-13-18(26)23-15-8-4-6-10-17(15)29-2/h4,6,8,10H,3,5,7,9,11-13H2,1-2H3,(H,23,26). The van der Waals surface area contributed by atoms with Crippen LogP contribution in [0.1, 0.15) is 23.3 Å². The number of methoxy groups -OCH3 is 1. The number of anilines is 1. The third-order valence-corrected chi connectivity index (χ3v) is 8.23. The van der Waals surface area contributed by atoms with E-state index in [1.165, 1.54) is 22.2 Å². The van der Waals surface area contributed by atoms with Crippen LogP contribution in [0.4, 0.5) is 5.69 Å². The Morgan fingerprint density at radius 2 is 2.10 bits per heavy atom. The number of carbonyl (C=O) groups excluding carboxylic acids is 1. The lowest BCUT2D eigenvalue weighted by Gasteiger charge is -2.13. The van der Waals surface area contributed by atoms with Crippen LogP contribution in [-0.4, -0.2) is 41.2 Å². The minimum absolute atomic E-state index is 0.0166. The van der Waals surface area contributed by atoms with E-state index in [1.807, 2.05) is 30.5 Å². The molecule has 0 saturated carbocycles. The van der Waals surface area contributed by atoms with Crippen molar-refractivity contribution < 1.29 is 9.53 Å². The molecule has 164 valence electrons. The van der Waals surface area contributed by atoms with E-state index in [9.17, 15) is 9.59 Å². The van der Waals surface area contributed by atoms with Crippen LogP contribution in [0.25, 0.3) is 10.2 Å². The summed E-state index contributed by atoms with van der Waals surface area (Å²) in [7, 11) is 1.62. The third kappa shape index (κ3) is 4.84. The van der Waals surface area contributed by atoms with Crippen LogP contribution in [-0.2, 0) is 28.9 Å². The topological polar surface area (TPSA) is 73.2 Å². The number of nitrogens with one attached hydrogen (secondary N) is 1. The molecule has 1 amide bonds. The molecule has 0 atom stereocenters. The normalized spacial score (nSPS) is 13.4. The van der Waals surface area contributed by atoms with Gasteiger partial charge in [-0.3, -0.25) is 14.2 Å². The van der Waals surface area contributed by atoms with Gasteiger partial charge in [0, 0.05) is 16.9 Å². The Bertz CT molecular complexity index is 1160. The third-order valence-electron chi connectivity index (χ3n) is 5.27. The van der Waals surface area contributed by atoms with Crippen molar-refractivity contribution in [2.75, 3.05) is 31.0 Å². The highest BCUT2D eigenvalue weighted by molar-refractivity contribution is 7.99. The average Bonchev–Trinajstić information content (AvgIpc) is 3.16. The van der Waals surface area contributed by atoms with Crippen molar-refractivity contribution in [2.24, 2.45) is 0 Å². The van der Waals surface area contributed by atoms with Crippen LogP contribution < -0.4 is 10.9 Å². The summed E-state index contributed by atoms with van der Waals surface area (Å²) in [5.41, 5.74) is 1.96. The number of amides is 1. The highest BCUT2D eigenvalue weighted by Gasteiger charge is 2.22. The highest BCUT2D eigenvalue weighted by atomic mass is 32.2. The van der Waals surface area contributed by atoms with Gasteiger partial charge in [0.25, 0.3) is 5.56 Å². The second-order valence-corrected chi connectivity index (χ2v) is 10.1. The van der Waals surface area contributed by atoms with E-state index >= 15 is 0 Å². The predicted molar refractivity (Wildman–Crippen MR) is 130 cm³/mol. The molecule has 1 aromatic carbocycles. The van der Waals surface area contributed by atoms with Crippen LogP contribution in [0.2, 0.25) is 0 Å². The number of para-hydroxylation sites is 1. The Labute approximate surface area is 193 Å². The monoisotopic (exact) mass is 475 g/mol. The van der Waals surface area contributed by atoms with E-state index in [2.05, 4.69) is 5.32 Å². The number of carbonyl (C=O) groups is 1. The molecule has 6 nitrogen and oxygen atoms in total. The van der Waals surface area contributed by atoms with Crippen LogP contribution >= 0.6 is 34.9 Å². The number of thiophene rings is 1. The first kappa shape index (κ1) is 22.4. The zero-order valence-electron chi connectivity index (χ0n) is 17.6. The SMILES string of the molecule is COCCn1c(SCC(=O)Nc2ccccc2SC)nc2sc3c(c2c1=O)CCCC3. The summed E-state index contributed by atoms with van der Waals surface area (Å²) in [4.78, 5) is 33.9. The van der Waals surface area contributed by atoms with Crippen LogP contribution in [0.15, 0.2) is 39.1 Å². The van der Waals surface area contributed by atoms with Gasteiger partial charge in [0.2, 0.25) is 5.91 Å². The van der Waals surface area contributed by atoms with Gasteiger partial charge in [-0.1, -0.05) is 23.9 Å². The number of rotatable bonds is 8. The molecule has 1 aliphatic rings. The first-order valence-electron chi connectivity index (χ1n) is 10.2.